The van der Waals surface area contributed by atoms with Gasteiger partial charge in [0, 0.05) is 11.1 Å². The van der Waals surface area contributed by atoms with Crippen LogP contribution in [-0.2, 0) is 16.0 Å². The molecule has 6 heteroatoms. The van der Waals surface area contributed by atoms with Gasteiger partial charge < -0.3 is 14.5 Å². The summed E-state index contributed by atoms with van der Waals surface area (Å²) in [4.78, 5) is 36.3. The Kier molecular flexibility index (Phi) is 5.35. The minimum atomic E-state index is -0.898. The number of fused-ring (bicyclic) bond motifs is 1. The zero-order chi connectivity index (χ0) is 19.4. The standard InChI is InChI=1S/C21H19NO5/c1-3-14-9-6-7-13(2)19(14)22-18(23)12-26-20(24)16-11-15-8-4-5-10-17(15)27-21(16)25/h4-11H,3,12H2,1-2H3,(H,22,23). The third-order valence-corrected chi connectivity index (χ3v) is 4.20. The van der Waals surface area contributed by atoms with Gasteiger partial charge in [-0.15, -0.1) is 0 Å². The van der Waals surface area contributed by atoms with Gasteiger partial charge in [0.2, 0.25) is 0 Å². The van der Waals surface area contributed by atoms with E-state index >= 15 is 0 Å². The van der Waals surface area contributed by atoms with Crippen LogP contribution in [0, 0.1) is 6.92 Å². The smallest absolute Gasteiger partial charge is 0.351 e. The number of rotatable bonds is 5. The van der Waals surface area contributed by atoms with Crippen molar-refractivity contribution in [2.45, 2.75) is 20.3 Å². The number of para-hydroxylation sites is 2. The van der Waals surface area contributed by atoms with Gasteiger partial charge in [-0.1, -0.05) is 43.3 Å². The van der Waals surface area contributed by atoms with Gasteiger partial charge in [-0.3, -0.25) is 4.79 Å². The second-order valence-electron chi connectivity index (χ2n) is 6.07. The summed E-state index contributed by atoms with van der Waals surface area (Å²) in [7, 11) is 0. The summed E-state index contributed by atoms with van der Waals surface area (Å²) < 4.78 is 10.1. The Bertz CT molecular complexity index is 1070. The lowest BCUT2D eigenvalue weighted by Gasteiger charge is -2.13. The normalized spacial score (nSPS) is 10.6. The molecule has 0 saturated heterocycles. The topological polar surface area (TPSA) is 85.6 Å². The molecule has 0 aliphatic heterocycles. The molecule has 0 fully saturated rings. The number of hydrogen-bond donors (Lipinski definition) is 1. The molecule has 3 rings (SSSR count). The van der Waals surface area contributed by atoms with E-state index in [2.05, 4.69) is 5.32 Å². The van der Waals surface area contributed by atoms with Crippen molar-refractivity contribution in [2.75, 3.05) is 11.9 Å². The van der Waals surface area contributed by atoms with Gasteiger partial charge in [-0.05, 0) is 36.6 Å². The minimum absolute atomic E-state index is 0.244. The van der Waals surface area contributed by atoms with Crippen molar-refractivity contribution in [3.8, 4) is 0 Å². The molecule has 0 unspecified atom stereocenters. The van der Waals surface area contributed by atoms with Crippen molar-refractivity contribution in [1.29, 1.82) is 0 Å². The van der Waals surface area contributed by atoms with Gasteiger partial charge in [0.05, 0.1) is 0 Å². The van der Waals surface area contributed by atoms with Gasteiger partial charge in [0.1, 0.15) is 11.1 Å². The Balaban J connectivity index is 1.70. The molecule has 2 aromatic carbocycles. The van der Waals surface area contributed by atoms with Crippen LogP contribution in [0.2, 0.25) is 0 Å². The molecule has 0 radical (unpaired) electrons. The zero-order valence-electron chi connectivity index (χ0n) is 15.1. The lowest BCUT2D eigenvalue weighted by atomic mass is 10.1. The second kappa shape index (κ2) is 7.86. The van der Waals surface area contributed by atoms with Gasteiger partial charge in [0.25, 0.3) is 5.91 Å². The summed E-state index contributed by atoms with van der Waals surface area (Å²) >= 11 is 0. The fraction of sp³-hybridized carbons (Fsp3) is 0.190. The molecule has 27 heavy (non-hydrogen) atoms. The third kappa shape index (κ3) is 4.06. The van der Waals surface area contributed by atoms with Crippen LogP contribution in [-0.4, -0.2) is 18.5 Å². The Labute approximate surface area is 155 Å². The molecular formula is C21H19NO5. The van der Waals surface area contributed by atoms with Crippen molar-refractivity contribution >= 4 is 28.5 Å². The molecule has 1 amide bonds. The Hall–Kier alpha value is -3.41. The highest BCUT2D eigenvalue weighted by molar-refractivity contribution is 5.97. The highest BCUT2D eigenvalue weighted by atomic mass is 16.5. The van der Waals surface area contributed by atoms with Crippen LogP contribution in [0.15, 0.2) is 57.7 Å². The number of hydrogen-bond acceptors (Lipinski definition) is 5. The Morgan fingerprint density at radius 3 is 2.67 bits per heavy atom. The number of carbonyl (C=O) groups is 2. The van der Waals surface area contributed by atoms with Crippen molar-refractivity contribution < 1.29 is 18.7 Å². The molecule has 0 spiro atoms. The number of carbonyl (C=O) groups excluding carboxylic acids is 2. The monoisotopic (exact) mass is 365 g/mol. The van der Waals surface area contributed by atoms with Gasteiger partial charge in [-0.25, -0.2) is 9.59 Å². The molecule has 0 bridgehead atoms. The van der Waals surface area contributed by atoms with Crippen LogP contribution < -0.4 is 10.9 Å². The van der Waals surface area contributed by atoms with Gasteiger partial charge in [-0.2, -0.15) is 0 Å². The van der Waals surface area contributed by atoms with E-state index in [4.69, 9.17) is 9.15 Å². The summed E-state index contributed by atoms with van der Waals surface area (Å²) in [6.07, 6.45) is 0.759. The summed E-state index contributed by atoms with van der Waals surface area (Å²) in [6, 6.07) is 14.0. The fourth-order valence-electron chi connectivity index (χ4n) is 2.79. The largest absolute Gasteiger partial charge is 0.452 e. The number of anilines is 1. The van der Waals surface area contributed by atoms with E-state index in [-0.39, 0.29) is 5.56 Å². The first kappa shape index (κ1) is 18.4. The van der Waals surface area contributed by atoms with Crippen LogP contribution in [0.1, 0.15) is 28.4 Å². The van der Waals surface area contributed by atoms with Crippen LogP contribution in [0.25, 0.3) is 11.0 Å². The lowest BCUT2D eigenvalue weighted by Crippen LogP contribution is -2.24. The predicted octanol–water partition coefficient (Wildman–Crippen LogP) is 3.46. The van der Waals surface area contributed by atoms with Crippen molar-refractivity contribution in [3.63, 3.8) is 0 Å². The van der Waals surface area contributed by atoms with Crippen LogP contribution >= 0.6 is 0 Å². The molecule has 6 nitrogen and oxygen atoms in total. The van der Waals surface area contributed by atoms with Crippen LogP contribution in [0.5, 0.6) is 0 Å². The van der Waals surface area contributed by atoms with Crippen molar-refractivity contribution in [3.05, 3.63) is 75.6 Å². The van der Waals surface area contributed by atoms with Crippen LogP contribution in [0.4, 0.5) is 5.69 Å². The maximum Gasteiger partial charge on any atom is 0.351 e. The quantitative estimate of drug-likeness (QED) is 0.553. The number of aryl methyl sites for hydroxylation is 2. The Morgan fingerprint density at radius 2 is 1.89 bits per heavy atom. The highest BCUT2D eigenvalue weighted by Gasteiger charge is 2.17. The molecule has 1 aromatic heterocycles. The van der Waals surface area contributed by atoms with Crippen molar-refractivity contribution in [2.24, 2.45) is 0 Å². The first-order valence-corrected chi connectivity index (χ1v) is 8.58. The number of nitrogens with one attached hydrogen (secondary N) is 1. The second-order valence-corrected chi connectivity index (χ2v) is 6.07. The van der Waals surface area contributed by atoms with Gasteiger partial charge >= 0.3 is 11.6 Å². The molecule has 1 heterocycles. The predicted molar refractivity (Wildman–Crippen MR) is 102 cm³/mol. The molecule has 3 aromatic rings. The molecule has 1 N–H and O–H groups in total. The van der Waals surface area contributed by atoms with Crippen LogP contribution in [0.3, 0.4) is 0 Å². The summed E-state index contributed by atoms with van der Waals surface area (Å²) in [6.45, 7) is 3.38. The van der Waals surface area contributed by atoms with E-state index in [1.165, 1.54) is 6.07 Å². The Morgan fingerprint density at radius 1 is 1.11 bits per heavy atom. The minimum Gasteiger partial charge on any atom is -0.452 e. The SMILES string of the molecule is CCc1cccc(C)c1NC(=O)COC(=O)c1cc2ccccc2oc1=O. The number of ether oxygens (including phenoxy) is 1. The molecular weight excluding hydrogens is 346 g/mol. The van der Waals surface area contributed by atoms with E-state index < -0.39 is 24.1 Å². The lowest BCUT2D eigenvalue weighted by molar-refractivity contribution is -0.119. The highest BCUT2D eigenvalue weighted by Crippen LogP contribution is 2.21. The fourth-order valence-corrected chi connectivity index (χ4v) is 2.79. The zero-order valence-corrected chi connectivity index (χ0v) is 15.1. The van der Waals surface area contributed by atoms with E-state index in [0.717, 1.165) is 17.5 Å². The molecule has 0 saturated carbocycles. The van der Waals surface area contributed by atoms with E-state index in [1.54, 1.807) is 24.3 Å². The van der Waals surface area contributed by atoms with Gasteiger partial charge in [0.15, 0.2) is 6.61 Å². The maximum absolute atomic E-state index is 12.2. The van der Waals surface area contributed by atoms with E-state index in [9.17, 15) is 14.4 Å². The summed E-state index contributed by atoms with van der Waals surface area (Å²) in [5.74, 6) is -1.37. The molecule has 138 valence electrons. The first-order valence-electron chi connectivity index (χ1n) is 8.58. The number of benzene rings is 2. The maximum atomic E-state index is 12.2. The molecule has 0 aliphatic rings. The first-order chi connectivity index (χ1) is 13.0. The summed E-state index contributed by atoms with van der Waals surface area (Å²) in [5.41, 5.74) is 1.96. The van der Waals surface area contributed by atoms with E-state index in [1.807, 2.05) is 32.0 Å². The molecule has 0 aliphatic carbocycles. The van der Waals surface area contributed by atoms with E-state index in [0.29, 0.717) is 16.7 Å². The van der Waals surface area contributed by atoms with Crippen molar-refractivity contribution in [1.82, 2.24) is 0 Å². The number of amides is 1. The average molecular weight is 365 g/mol. The molecule has 0 atom stereocenters. The average Bonchev–Trinajstić information content (AvgIpc) is 2.67. The third-order valence-electron chi connectivity index (χ3n) is 4.20. The summed E-state index contributed by atoms with van der Waals surface area (Å²) in [5, 5.41) is 3.36. The number of esters is 1.